The Kier molecular flexibility index (Phi) is 3.24. The lowest BCUT2D eigenvalue weighted by Crippen LogP contribution is -2.38. The minimum absolute atomic E-state index is 0.0105. The van der Waals surface area contributed by atoms with E-state index in [1.165, 1.54) is 24.1 Å². The summed E-state index contributed by atoms with van der Waals surface area (Å²) < 4.78 is 5.45. The number of nitrogens with zero attached hydrogens (tertiary/aromatic N) is 2. The van der Waals surface area contributed by atoms with E-state index in [1.807, 2.05) is 12.3 Å². The van der Waals surface area contributed by atoms with Crippen molar-refractivity contribution in [1.29, 1.82) is 5.41 Å². The summed E-state index contributed by atoms with van der Waals surface area (Å²) in [5, 5.41) is 11.0. The van der Waals surface area contributed by atoms with Gasteiger partial charge in [-0.3, -0.25) is 19.9 Å². The summed E-state index contributed by atoms with van der Waals surface area (Å²) in [4.78, 5) is 30.4. The minimum Gasteiger partial charge on any atom is -0.463 e. The van der Waals surface area contributed by atoms with Gasteiger partial charge >= 0.3 is 0 Å². The highest BCUT2D eigenvalue weighted by Gasteiger charge is 2.34. The molecular formula is C17H11N3O3S. The highest BCUT2D eigenvalue weighted by molar-refractivity contribution is 8.16. The van der Waals surface area contributed by atoms with E-state index in [9.17, 15) is 9.59 Å². The van der Waals surface area contributed by atoms with Crippen molar-refractivity contribution in [1.82, 2.24) is 4.90 Å². The van der Waals surface area contributed by atoms with Gasteiger partial charge < -0.3 is 4.42 Å². The van der Waals surface area contributed by atoms with Gasteiger partial charge in [0.05, 0.1) is 16.5 Å². The minimum atomic E-state index is -0.533. The Labute approximate surface area is 140 Å². The molecule has 6 nitrogen and oxygen atoms in total. The van der Waals surface area contributed by atoms with Crippen LogP contribution in [0.1, 0.15) is 12.5 Å². The first-order valence-electron chi connectivity index (χ1n) is 7.14. The smallest absolute Gasteiger partial charge is 0.283 e. The molecule has 0 spiro atoms. The Hall–Kier alpha value is -2.93. The zero-order valence-electron chi connectivity index (χ0n) is 12.6. The maximum atomic E-state index is 12.6. The number of benzene rings is 1. The average Bonchev–Trinajstić information content (AvgIpc) is 2.94. The van der Waals surface area contributed by atoms with Gasteiger partial charge in [0, 0.05) is 5.70 Å². The molecule has 0 unspecified atom stereocenters. The molecule has 0 radical (unpaired) electrons. The molecule has 0 fully saturated rings. The van der Waals surface area contributed by atoms with Crippen LogP contribution in [0, 0.1) is 5.41 Å². The van der Waals surface area contributed by atoms with Gasteiger partial charge in [0.25, 0.3) is 5.91 Å². The number of hydrogen-bond acceptors (Lipinski definition) is 5. The fourth-order valence-electron chi connectivity index (χ4n) is 2.59. The fourth-order valence-corrected chi connectivity index (χ4v) is 3.45. The second-order valence-corrected chi connectivity index (χ2v) is 6.17. The molecule has 2 aromatic rings. The summed E-state index contributed by atoms with van der Waals surface area (Å²) in [5.74, 6) is -0.522. The van der Waals surface area contributed by atoms with Crippen molar-refractivity contribution in [2.24, 2.45) is 4.99 Å². The maximum absolute atomic E-state index is 12.6. The van der Waals surface area contributed by atoms with E-state index < -0.39 is 5.91 Å². The topological polar surface area (TPSA) is 86.7 Å². The predicted molar refractivity (Wildman–Crippen MR) is 93.8 cm³/mol. The number of hydrogen-bond donors (Lipinski definition) is 1. The molecule has 1 N–H and O–H groups in total. The zero-order valence-corrected chi connectivity index (χ0v) is 13.4. The predicted octanol–water partition coefficient (Wildman–Crippen LogP) is 2.96. The number of nitrogens with one attached hydrogen (secondary N) is 1. The normalized spacial score (nSPS) is 18.9. The number of allylic oxidation sites excluding steroid dienone is 1. The fraction of sp³-hybridized carbons (Fsp3) is 0.0588. The summed E-state index contributed by atoms with van der Waals surface area (Å²) in [6.45, 7) is 1.84. The van der Waals surface area contributed by atoms with Crippen LogP contribution in [0.25, 0.3) is 17.0 Å². The SMILES string of the molecule is CC1=CSC2=NC(=O)C(=Cc3coc4ccccc4c3=O)C(=N)N12. The molecule has 0 bridgehead atoms. The van der Waals surface area contributed by atoms with Crippen molar-refractivity contribution < 1.29 is 9.21 Å². The van der Waals surface area contributed by atoms with Gasteiger partial charge in [0.15, 0.2) is 10.6 Å². The first-order chi connectivity index (χ1) is 11.6. The van der Waals surface area contributed by atoms with Crippen molar-refractivity contribution in [2.45, 2.75) is 6.92 Å². The lowest BCUT2D eigenvalue weighted by atomic mass is 10.1. The number of carbonyl (C=O) groups excluding carboxylic acids is 1. The number of para-hydroxylation sites is 1. The van der Waals surface area contributed by atoms with E-state index in [0.717, 1.165) is 5.70 Å². The van der Waals surface area contributed by atoms with Crippen LogP contribution < -0.4 is 5.43 Å². The van der Waals surface area contributed by atoms with Gasteiger partial charge in [-0.15, -0.1) is 0 Å². The standard InChI is InChI=1S/C17H11N3O3S/c1-9-8-24-17-19-16(22)12(15(18)20(9)17)6-10-7-23-13-5-3-2-4-11(13)14(10)21/h2-8,18H,1H3. The molecule has 118 valence electrons. The average molecular weight is 337 g/mol. The third-order valence-corrected chi connectivity index (χ3v) is 4.74. The number of carbonyl (C=O) groups is 1. The first-order valence-corrected chi connectivity index (χ1v) is 8.02. The van der Waals surface area contributed by atoms with Crippen LogP contribution in [-0.2, 0) is 4.79 Å². The van der Waals surface area contributed by atoms with E-state index in [-0.39, 0.29) is 22.4 Å². The molecule has 1 aromatic heterocycles. The Morgan fingerprint density at radius 2 is 2.08 bits per heavy atom. The molecule has 7 heteroatoms. The van der Waals surface area contributed by atoms with Crippen LogP contribution >= 0.6 is 11.8 Å². The number of fused-ring (bicyclic) bond motifs is 2. The van der Waals surface area contributed by atoms with Gasteiger partial charge in [-0.25, -0.2) is 0 Å². The number of amides is 1. The monoisotopic (exact) mass is 337 g/mol. The molecule has 0 saturated carbocycles. The molecule has 3 heterocycles. The summed E-state index contributed by atoms with van der Waals surface area (Å²) in [5.41, 5.74) is 1.32. The van der Waals surface area contributed by atoms with E-state index in [2.05, 4.69) is 4.99 Å². The lowest BCUT2D eigenvalue weighted by Gasteiger charge is -2.25. The van der Waals surface area contributed by atoms with Crippen LogP contribution in [0.15, 0.2) is 61.4 Å². The summed E-state index contributed by atoms with van der Waals surface area (Å²) >= 11 is 1.30. The van der Waals surface area contributed by atoms with Crippen molar-refractivity contribution >= 4 is 45.7 Å². The maximum Gasteiger partial charge on any atom is 0.283 e. The largest absolute Gasteiger partial charge is 0.463 e. The number of amidine groups is 2. The van der Waals surface area contributed by atoms with E-state index >= 15 is 0 Å². The molecule has 1 amide bonds. The van der Waals surface area contributed by atoms with Crippen LogP contribution in [0.2, 0.25) is 0 Å². The zero-order chi connectivity index (χ0) is 16.8. The van der Waals surface area contributed by atoms with Gasteiger partial charge in [0.2, 0.25) is 0 Å². The van der Waals surface area contributed by atoms with E-state index in [4.69, 9.17) is 9.83 Å². The van der Waals surface area contributed by atoms with Crippen LogP contribution in [0.4, 0.5) is 0 Å². The Bertz CT molecular complexity index is 1060. The first kappa shape index (κ1) is 14.6. The van der Waals surface area contributed by atoms with Crippen LogP contribution in [0.3, 0.4) is 0 Å². The third kappa shape index (κ3) is 2.13. The van der Waals surface area contributed by atoms with Gasteiger partial charge in [-0.1, -0.05) is 23.9 Å². The summed E-state index contributed by atoms with van der Waals surface area (Å²) in [6.07, 6.45) is 2.68. The van der Waals surface area contributed by atoms with Gasteiger partial charge in [-0.2, -0.15) is 4.99 Å². The third-order valence-electron chi connectivity index (χ3n) is 3.79. The number of aliphatic imine (C=N–C) groups is 1. The molecule has 0 saturated heterocycles. The molecule has 0 atom stereocenters. The van der Waals surface area contributed by atoms with Gasteiger partial charge in [-0.05, 0) is 30.5 Å². The second kappa shape index (κ2) is 5.31. The van der Waals surface area contributed by atoms with Crippen molar-refractivity contribution in [2.75, 3.05) is 0 Å². The quantitative estimate of drug-likeness (QED) is 0.809. The Morgan fingerprint density at radius 1 is 1.29 bits per heavy atom. The van der Waals surface area contributed by atoms with Crippen LogP contribution in [0.5, 0.6) is 0 Å². The highest BCUT2D eigenvalue weighted by Crippen LogP contribution is 2.31. The molecule has 4 rings (SSSR count). The molecule has 1 aromatic carbocycles. The van der Waals surface area contributed by atoms with E-state index in [1.54, 1.807) is 29.2 Å². The van der Waals surface area contributed by atoms with Crippen LogP contribution in [-0.4, -0.2) is 21.8 Å². The summed E-state index contributed by atoms with van der Waals surface area (Å²) in [7, 11) is 0. The lowest BCUT2D eigenvalue weighted by molar-refractivity contribution is -0.114. The van der Waals surface area contributed by atoms with Crippen molar-refractivity contribution in [3.8, 4) is 0 Å². The van der Waals surface area contributed by atoms with E-state index in [0.29, 0.717) is 16.1 Å². The molecule has 2 aliphatic rings. The van der Waals surface area contributed by atoms with Crippen molar-refractivity contribution in [3.05, 3.63) is 63.0 Å². The second-order valence-electron chi connectivity index (χ2n) is 5.33. The van der Waals surface area contributed by atoms with Gasteiger partial charge in [0.1, 0.15) is 17.7 Å². The number of thioether (sulfide) groups is 1. The summed E-state index contributed by atoms with van der Waals surface area (Å²) in [6, 6.07) is 6.89. The molecular weight excluding hydrogens is 326 g/mol. The molecule has 0 aliphatic carbocycles. The molecule has 24 heavy (non-hydrogen) atoms. The number of rotatable bonds is 1. The van der Waals surface area contributed by atoms with Crippen molar-refractivity contribution in [3.63, 3.8) is 0 Å². The Balaban J connectivity index is 1.86. The Morgan fingerprint density at radius 3 is 2.92 bits per heavy atom. The molecule has 2 aliphatic heterocycles. The highest BCUT2D eigenvalue weighted by atomic mass is 32.2.